The van der Waals surface area contributed by atoms with Gasteiger partial charge < -0.3 is 5.32 Å². The first kappa shape index (κ1) is 15.3. The molecule has 0 aliphatic rings. The molecular formula is C17H15BrN2O. The van der Waals surface area contributed by atoms with Gasteiger partial charge in [0.15, 0.2) is 0 Å². The lowest BCUT2D eigenvalue weighted by molar-refractivity contribution is -0.118. The maximum absolute atomic E-state index is 12.2. The molecule has 0 aliphatic heterocycles. The molecule has 0 spiro atoms. The smallest absolute Gasteiger partial charge is 0.242 e. The van der Waals surface area contributed by atoms with Gasteiger partial charge in [-0.25, -0.2) is 0 Å². The van der Waals surface area contributed by atoms with Gasteiger partial charge >= 0.3 is 0 Å². The second kappa shape index (κ2) is 7.05. The van der Waals surface area contributed by atoms with Gasteiger partial charge in [0.1, 0.15) is 5.92 Å². The van der Waals surface area contributed by atoms with E-state index in [0.29, 0.717) is 12.1 Å². The van der Waals surface area contributed by atoms with Crippen molar-refractivity contribution >= 4 is 27.5 Å². The van der Waals surface area contributed by atoms with Crippen LogP contribution in [0.1, 0.15) is 11.1 Å². The standard InChI is InChI=1S/C17H15BrN2O/c1-12-7-8-16(15(18)9-12)20-17(21)14(11-19)10-13-5-3-2-4-6-13/h2-9,14H,10H2,1H3,(H,20,21). The Morgan fingerprint density at radius 3 is 2.62 bits per heavy atom. The number of anilines is 1. The highest BCUT2D eigenvalue weighted by Gasteiger charge is 2.19. The number of aryl methyl sites for hydroxylation is 1. The summed E-state index contributed by atoms with van der Waals surface area (Å²) in [6.07, 6.45) is 0.409. The van der Waals surface area contributed by atoms with Crippen molar-refractivity contribution in [2.24, 2.45) is 5.92 Å². The van der Waals surface area contributed by atoms with Gasteiger partial charge in [-0.2, -0.15) is 5.26 Å². The summed E-state index contributed by atoms with van der Waals surface area (Å²) in [5.41, 5.74) is 2.75. The SMILES string of the molecule is Cc1ccc(NC(=O)C(C#N)Cc2ccccc2)c(Br)c1. The van der Waals surface area contributed by atoms with Gasteiger partial charge in [-0.05, 0) is 52.5 Å². The summed E-state index contributed by atoms with van der Waals surface area (Å²) in [5.74, 6) is -0.994. The van der Waals surface area contributed by atoms with E-state index in [1.807, 2.05) is 55.5 Å². The number of halogens is 1. The molecule has 1 unspecified atom stereocenters. The van der Waals surface area contributed by atoms with Crippen LogP contribution in [0.15, 0.2) is 53.0 Å². The summed E-state index contributed by atoms with van der Waals surface area (Å²) in [6, 6.07) is 17.3. The minimum atomic E-state index is -0.708. The van der Waals surface area contributed by atoms with Crippen molar-refractivity contribution in [3.63, 3.8) is 0 Å². The van der Waals surface area contributed by atoms with Crippen molar-refractivity contribution in [3.05, 3.63) is 64.1 Å². The molecule has 0 saturated heterocycles. The van der Waals surface area contributed by atoms with Crippen LogP contribution in [0.2, 0.25) is 0 Å². The molecule has 1 amide bonds. The average Bonchev–Trinajstić information content (AvgIpc) is 2.48. The Morgan fingerprint density at radius 1 is 1.29 bits per heavy atom. The normalized spacial score (nSPS) is 11.5. The molecule has 21 heavy (non-hydrogen) atoms. The summed E-state index contributed by atoms with van der Waals surface area (Å²) < 4.78 is 0.812. The molecule has 0 aliphatic carbocycles. The van der Waals surface area contributed by atoms with Gasteiger partial charge in [0.05, 0.1) is 11.8 Å². The molecule has 4 heteroatoms. The van der Waals surface area contributed by atoms with E-state index in [0.717, 1.165) is 15.6 Å². The van der Waals surface area contributed by atoms with E-state index >= 15 is 0 Å². The first-order valence-electron chi connectivity index (χ1n) is 6.60. The van der Waals surface area contributed by atoms with Crippen molar-refractivity contribution in [1.29, 1.82) is 5.26 Å². The maximum atomic E-state index is 12.2. The summed E-state index contributed by atoms with van der Waals surface area (Å²) in [4.78, 5) is 12.2. The predicted octanol–water partition coefficient (Wildman–Crippen LogP) is 4.08. The molecule has 2 rings (SSSR count). The Kier molecular flexibility index (Phi) is 5.13. The van der Waals surface area contributed by atoms with Gasteiger partial charge in [0, 0.05) is 4.47 Å². The van der Waals surface area contributed by atoms with Crippen molar-refractivity contribution in [2.45, 2.75) is 13.3 Å². The van der Waals surface area contributed by atoms with Crippen LogP contribution >= 0.6 is 15.9 Å². The summed E-state index contributed by atoms with van der Waals surface area (Å²) in [5, 5.41) is 12.0. The fraction of sp³-hybridized carbons (Fsp3) is 0.176. The monoisotopic (exact) mass is 342 g/mol. The van der Waals surface area contributed by atoms with Gasteiger partial charge in [-0.15, -0.1) is 0 Å². The molecule has 1 atom stereocenters. The first-order valence-corrected chi connectivity index (χ1v) is 7.40. The van der Waals surface area contributed by atoms with Gasteiger partial charge in [-0.1, -0.05) is 36.4 Å². The molecule has 0 bridgehead atoms. The zero-order valence-corrected chi connectivity index (χ0v) is 13.2. The minimum absolute atomic E-state index is 0.286. The summed E-state index contributed by atoms with van der Waals surface area (Å²) in [6.45, 7) is 1.98. The number of amides is 1. The number of hydrogen-bond donors (Lipinski definition) is 1. The molecule has 1 N–H and O–H groups in total. The quantitative estimate of drug-likeness (QED) is 0.909. The molecule has 2 aromatic carbocycles. The molecule has 3 nitrogen and oxygen atoms in total. The van der Waals surface area contributed by atoms with Crippen molar-refractivity contribution in [1.82, 2.24) is 0 Å². The summed E-state index contributed by atoms with van der Waals surface area (Å²) in [7, 11) is 0. The topological polar surface area (TPSA) is 52.9 Å². The van der Waals surface area contributed by atoms with Crippen molar-refractivity contribution in [2.75, 3.05) is 5.32 Å². The fourth-order valence-electron chi connectivity index (χ4n) is 1.99. The van der Waals surface area contributed by atoms with Crippen LogP contribution in [-0.2, 0) is 11.2 Å². The lowest BCUT2D eigenvalue weighted by Crippen LogP contribution is -2.23. The van der Waals surface area contributed by atoms with Crippen LogP contribution in [0.3, 0.4) is 0 Å². The predicted molar refractivity (Wildman–Crippen MR) is 86.8 cm³/mol. The van der Waals surface area contributed by atoms with E-state index < -0.39 is 5.92 Å². The molecule has 0 fully saturated rings. The van der Waals surface area contributed by atoms with Crippen LogP contribution < -0.4 is 5.32 Å². The van der Waals surface area contributed by atoms with Crippen LogP contribution in [0.4, 0.5) is 5.69 Å². The highest BCUT2D eigenvalue weighted by atomic mass is 79.9. The Labute approximate surface area is 132 Å². The molecule has 0 radical (unpaired) electrons. The third kappa shape index (κ3) is 4.17. The molecule has 2 aromatic rings. The molecule has 0 saturated carbocycles. The second-order valence-electron chi connectivity index (χ2n) is 4.84. The Balaban J connectivity index is 2.09. The zero-order valence-electron chi connectivity index (χ0n) is 11.6. The highest BCUT2D eigenvalue weighted by Crippen LogP contribution is 2.24. The third-order valence-corrected chi connectivity index (χ3v) is 3.79. The van der Waals surface area contributed by atoms with E-state index in [1.165, 1.54) is 0 Å². The fourth-order valence-corrected chi connectivity index (χ4v) is 2.58. The average molecular weight is 343 g/mol. The highest BCUT2D eigenvalue weighted by molar-refractivity contribution is 9.10. The van der Waals surface area contributed by atoms with Gasteiger partial charge in [0.25, 0.3) is 0 Å². The van der Waals surface area contributed by atoms with E-state index in [4.69, 9.17) is 0 Å². The Morgan fingerprint density at radius 2 is 2.00 bits per heavy atom. The number of benzene rings is 2. The number of rotatable bonds is 4. The van der Waals surface area contributed by atoms with E-state index in [2.05, 4.69) is 27.3 Å². The van der Waals surface area contributed by atoms with Crippen molar-refractivity contribution < 1.29 is 4.79 Å². The first-order chi connectivity index (χ1) is 10.1. The molecular weight excluding hydrogens is 328 g/mol. The maximum Gasteiger partial charge on any atom is 0.242 e. The third-order valence-electron chi connectivity index (χ3n) is 3.14. The number of hydrogen-bond acceptors (Lipinski definition) is 2. The molecule has 0 heterocycles. The number of carbonyl (C=O) groups is 1. The second-order valence-corrected chi connectivity index (χ2v) is 5.70. The largest absolute Gasteiger partial charge is 0.324 e. The lowest BCUT2D eigenvalue weighted by atomic mass is 10.00. The number of nitriles is 1. The van der Waals surface area contributed by atoms with Crippen LogP contribution in [0, 0.1) is 24.2 Å². The van der Waals surface area contributed by atoms with Gasteiger partial charge in [0.2, 0.25) is 5.91 Å². The lowest BCUT2D eigenvalue weighted by Gasteiger charge is -2.12. The van der Waals surface area contributed by atoms with E-state index in [-0.39, 0.29) is 5.91 Å². The van der Waals surface area contributed by atoms with Crippen LogP contribution in [0.5, 0.6) is 0 Å². The van der Waals surface area contributed by atoms with E-state index in [1.54, 1.807) is 0 Å². The molecule has 106 valence electrons. The van der Waals surface area contributed by atoms with Crippen LogP contribution in [-0.4, -0.2) is 5.91 Å². The zero-order chi connectivity index (χ0) is 15.2. The number of nitrogens with zero attached hydrogens (tertiary/aromatic N) is 1. The Hall–Kier alpha value is -2.12. The van der Waals surface area contributed by atoms with Crippen LogP contribution in [0.25, 0.3) is 0 Å². The van der Waals surface area contributed by atoms with Gasteiger partial charge in [-0.3, -0.25) is 4.79 Å². The number of carbonyl (C=O) groups excluding carboxylic acids is 1. The summed E-state index contributed by atoms with van der Waals surface area (Å²) >= 11 is 3.42. The van der Waals surface area contributed by atoms with Crippen molar-refractivity contribution in [3.8, 4) is 6.07 Å². The number of nitrogens with one attached hydrogen (secondary N) is 1. The minimum Gasteiger partial charge on any atom is -0.324 e. The van der Waals surface area contributed by atoms with E-state index in [9.17, 15) is 10.1 Å². The molecule has 0 aromatic heterocycles. The Bertz CT molecular complexity index is 677.